The summed E-state index contributed by atoms with van der Waals surface area (Å²) in [5.74, 6) is -1.27. The van der Waals surface area contributed by atoms with E-state index in [1.54, 1.807) is 13.0 Å². The van der Waals surface area contributed by atoms with Gasteiger partial charge in [0.1, 0.15) is 0 Å². The smallest absolute Gasteiger partial charge is 0.308 e. The summed E-state index contributed by atoms with van der Waals surface area (Å²) in [6, 6.07) is 7.11. The fourth-order valence-corrected chi connectivity index (χ4v) is 1.35. The van der Waals surface area contributed by atoms with E-state index in [2.05, 4.69) is 5.32 Å². The number of carboxylic acid groups (broad SMARTS) is 1. The van der Waals surface area contributed by atoms with Gasteiger partial charge in [0.05, 0.1) is 16.6 Å². The highest BCUT2D eigenvalue weighted by Crippen LogP contribution is 2.22. The summed E-state index contributed by atoms with van der Waals surface area (Å²) in [5.41, 5.74) is 0.764. The fraction of sp³-hybridized carbons (Fsp3) is 0.364. The van der Waals surface area contributed by atoms with Crippen LogP contribution in [0.5, 0.6) is 0 Å². The molecule has 0 radical (unpaired) electrons. The molecule has 82 valence electrons. The molecule has 0 fully saturated rings. The number of rotatable bonds is 4. The van der Waals surface area contributed by atoms with E-state index in [1.165, 1.54) is 0 Å². The highest BCUT2D eigenvalue weighted by atomic mass is 35.5. The molecule has 2 N–H and O–H groups in total. The van der Waals surface area contributed by atoms with E-state index in [-0.39, 0.29) is 6.04 Å². The quantitative estimate of drug-likeness (QED) is 0.832. The third-order valence-corrected chi connectivity index (χ3v) is 2.73. The number of carbonyl (C=O) groups is 1. The Morgan fingerprint density at radius 1 is 1.40 bits per heavy atom. The van der Waals surface area contributed by atoms with Gasteiger partial charge in [-0.05, 0) is 26.0 Å². The maximum atomic E-state index is 10.7. The summed E-state index contributed by atoms with van der Waals surface area (Å²) < 4.78 is 0. The molecular formula is C11H14ClNO2. The van der Waals surface area contributed by atoms with Crippen LogP contribution in [0.1, 0.15) is 13.8 Å². The predicted octanol–water partition coefficient (Wildman–Crippen LogP) is 2.86. The van der Waals surface area contributed by atoms with Crippen molar-refractivity contribution in [1.82, 2.24) is 0 Å². The molecule has 2 unspecified atom stereocenters. The summed E-state index contributed by atoms with van der Waals surface area (Å²) in [6.07, 6.45) is 0. The van der Waals surface area contributed by atoms with Gasteiger partial charge in [-0.1, -0.05) is 23.7 Å². The molecule has 2 atom stereocenters. The number of aliphatic carboxylic acids is 1. The molecule has 0 aromatic heterocycles. The first-order chi connectivity index (χ1) is 7.02. The molecule has 0 bridgehead atoms. The Morgan fingerprint density at radius 3 is 2.53 bits per heavy atom. The number of hydrogen-bond acceptors (Lipinski definition) is 2. The van der Waals surface area contributed by atoms with Gasteiger partial charge in [-0.15, -0.1) is 0 Å². The SMILES string of the molecule is CC(Nc1ccccc1Cl)C(C)C(=O)O. The van der Waals surface area contributed by atoms with Gasteiger partial charge in [0.15, 0.2) is 0 Å². The van der Waals surface area contributed by atoms with Crippen molar-refractivity contribution in [2.75, 3.05) is 5.32 Å². The summed E-state index contributed by atoms with van der Waals surface area (Å²) in [6.45, 7) is 3.49. The number of anilines is 1. The van der Waals surface area contributed by atoms with Crippen LogP contribution in [0.4, 0.5) is 5.69 Å². The Kier molecular flexibility index (Phi) is 3.97. The molecular weight excluding hydrogens is 214 g/mol. The van der Waals surface area contributed by atoms with Gasteiger partial charge < -0.3 is 10.4 Å². The first-order valence-electron chi connectivity index (χ1n) is 4.76. The van der Waals surface area contributed by atoms with Crippen LogP contribution in [0, 0.1) is 5.92 Å². The molecule has 4 heteroatoms. The average Bonchev–Trinajstić information content (AvgIpc) is 2.20. The molecule has 1 rings (SSSR count). The van der Waals surface area contributed by atoms with Gasteiger partial charge in [0, 0.05) is 6.04 Å². The van der Waals surface area contributed by atoms with Crippen molar-refractivity contribution in [3.05, 3.63) is 29.3 Å². The zero-order valence-corrected chi connectivity index (χ0v) is 9.45. The van der Waals surface area contributed by atoms with Crippen molar-refractivity contribution in [2.45, 2.75) is 19.9 Å². The second-order valence-corrected chi connectivity index (χ2v) is 3.95. The molecule has 1 aromatic carbocycles. The average molecular weight is 228 g/mol. The van der Waals surface area contributed by atoms with Crippen molar-refractivity contribution < 1.29 is 9.90 Å². The normalized spacial score (nSPS) is 14.3. The minimum absolute atomic E-state index is 0.164. The third kappa shape index (κ3) is 3.13. The lowest BCUT2D eigenvalue weighted by atomic mass is 10.0. The van der Waals surface area contributed by atoms with E-state index < -0.39 is 11.9 Å². The number of benzene rings is 1. The molecule has 1 aromatic rings. The maximum absolute atomic E-state index is 10.7. The minimum Gasteiger partial charge on any atom is -0.481 e. The zero-order chi connectivity index (χ0) is 11.4. The van der Waals surface area contributed by atoms with Crippen LogP contribution in [0.15, 0.2) is 24.3 Å². The van der Waals surface area contributed by atoms with Gasteiger partial charge in [-0.2, -0.15) is 0 Å². The molecule has 0 aliphatic rings. The van der Waals surface area contributed by atoms with Crippen LogP contribution in [-0.2, 0) is 4.79 Å². The van der Waals surface area contributed by atoms with Crippen molar-refractivity contribution >= 4 is 23.3 Å². The van der Waals surface area contributed by atoms with Gasteiger partial charge >= 0.3 is 5.97 Å². The van der Waals surface area contributed by atoms with Crippen LogP contribution >= 0.6 is 11.6 Å². The van der Waals surface area contributed by atoms with E-state index in [0.717, 1.165) is 5.69 Å². The van der Waals surface area contributed by atoms with Crippen molar-refractivity contribution in [3.63, 3.8) is 0 Å². The minimum atomic E-state index is -0.818. The van der Waals surface area contributed by atoms with Crippen molar-refractivity contribution in [1.29, 1.82) is 0 Å². The van der Waals surface area contributed by atoms with Crippen LogP contribution in [0.25, 0.3) is 0 Å². The number of carboxylic acids is 1. The number of hydrogen-bond donors (Lipinski definition) is 2. The number of para-hydroxylation sites is 1. The summed E-state index contributed by atoms with van der Waals surface area (Å²) >= 11 is 5.94. The van der Waals surface area contributed by atoms with Crippen molar-refractivity contribution in [2.24, 2.45) is 5.92 Å². The van der Waals surface area contributed by atoms with Gasteiger partial charge in [-0.25, -0.2) is 0 Å². The molecule has 0 saturated carbocycles. The van der Waals surface area contributed by atoms with E-state index in [1.807, 2.05) is 25.1 Å². The monoisotopic (exact) mass is 227 g/mol. The van der Waals surface area contributed by atoms with Gasteiger partial charge in [0.2, 0.25) is 0 Å². The van der Waals surface area contributed by atoms with Crippen LogP contribution in [-0.4, -0.2) is 17.1 Å². The fourth-order valence-electron chi connectivity index (χ4n) is 1.16. The zero-order valence-electron chi connectivity index (χ0n) is 8.70. The molecule has 0 aliphatic carbocycles. The first-order valence-corrected chi connectivity index (χ1v) is 5.14. The molecule has 0 spiro atoms. The van der Waals surface area contributed by atoms with Crippen LogP contribution < -0.4 is 5.32 Å². The van der Waals surface area contributed by atoms with Crippen LogP contribution in [0.3, 0.4) is 0 Å². The Hall–Kier alpha value is -1.22. The predicted molar refractivity (Wildman–Crippen MR) is 61.3 cm³/mol. The van der Waals surface area contributed by atoms with E-state index >= 15 is 0 Å². The highest BCUT2D eigenvalue weighted by molar-refractivity contribution is 6.33. The topological polar surface area (TPSA) is 49.3 Å². The third-order valence-electron chi connectivity index (χ3n) is 2.40. The molecule has 0 amide bonds. The van der Waals surface area contributed by atoms with Gasteiger partial charge in [0.25, 0.3) is 0 Å². The largest absolute Gasteiger partial charge is 0.481 e. The second-order valence-electron chi connectivity index (χ2n) is 3.54. The lowest BCUT2D eigenvalue weighted by molar-refractivity contribution is -0.141. The van der Waals surface area contributed by atoms with E-state index in [0.29, 0.717) is 5.02 Å². The second kappa shape index (κ2) is 5.03. The first kappa shape index (κ1) is 11.9. The van der Waals surface area contributed by atoms with Crippen molar-refractivity contribution in [3.8, 4) is 0 Å². The van der Waals surface area contributed by atoms with Gasteiger partial charge in [-0.3, -0.25) is 4.79 Å². The molecule has 0 aliphatic heterocycles. The summed E-state index contributed by atoms with van der Waals surface area (Å²) in [7, 11) is 0. The van der Waals surface area contributed by atoms with E-state index in [4.69, 9.17) is 16.7 Å². The standard InChI is InChI=1S/C11H14ClNO2/c1-7(11(14)15)8(2)13-10-6-4-3-5-9(10)12/h3-8,13H,1-2H3,(H,14,15). The number of nitrogens with one attached hydrogen (secondary N) is 1. The molecule has 15 heavy (non-hydrogen) atoms. The molecule has 0 saturated heterocycles. The number of halogens is 1. The Bertz CT molecular complexity index is 354. The lowest BCUT2D eigenvalue weighted by Gasteiger charge is -2.19. The lowest BCUT2D eigenvalue weighted by Crippen LogP contribution is -2.29. The maximum Gasteiger partial charge on any atom is 0.308 e. The molecule has 0 heterocycles. The Morgan fingerprint density at radius 2 is 2.00 bits per heavy atom. The Balaban J connectivity index is 2.70. The molecule has 3 nitrogen and oxygen atoms in total. The summed E-state index contributed by atoms with van der Waals surface area (Å²) in [4.78, 5) is 10.7. The van der Waals surface area contributed by atoms with E-state index in [9.17, 15) is 4.79 Å². The highest BCUT2D eigenvalue weighted by Gasteiger charge is 2.19. The van der Waals surface area contributed by atoms with Crippen LogP contribution in [0.2, 0.25) is 5.02 Å². The Labute approximate surface area is 94.1 Å². The summed E-state index contributed by atoms with van der Waals surface area (Å²) in [5, 5.41) is 12.5.